The van der Waals surface area contributed by atoms with E-state index >= 15 is 0 Å². The third kappa shape index (κ3) is 2.29. The number of nitrogens with two attached hydrogens (primary N) is 1. The molecule has 1 aromatic rings. The van der Waals surface area contributed by atoms with Gasteiger partial charge in [0.05, 0.1) is 6.17 Å². The van der Waals surface area contributed by atoms with Gasteiger partial charge in [0, 0.05) is 12.8 Å². The highest BCUT2D eigenvalue weighted by molar-refractivity contribution is 5.02. The maximum Gasteiger partial charge on any atom is 0.134 e. The van der Waals surface area contributed by atoms with E-state index in [9.17, 15) is 0 Å². The Bertz CT molecular complexity index is 406. The van der Waals surface area contributed by atoms with Gasteiger partial charge in [-0.25, -0.2) is 0 Å². The summed E-state index contributed by atoms with van der Waals surface area (Å²) >= 11 is 0. The summed E-state index contributed by atoms with van der Waals surface area (Å²) < 4.78 is 2.20. The Morgan fingerprint density at radius 3 is 2.78 bits per heavy atom. The van der Waals surface area contributed by atoms with E-state index in [0.29, 0.717) is 0 Å². The van der Waals surface area contributed by atoms with Crippen molar-refractivity contribution in [3.8, 4) is 0 Å². The number of aromatic nitrogens is 3. The number of piperidine rings is 1. The van der Waals surface area contributed by atoms with E-state index in [0.717, 1.165) is 43.3 Å². The highest BCUT2D eigenvalue weighted by Gasteiger charge is 2.25. The van der Waals surface area contributed by atoms with E-state index in [2.05, 4.69) is 26.7 Å². The zero-order chi connectivity index (χ0) is 12.5. The van der Waals surface area contributed by atoms with E-state index < -0.39 is 0 Å². The SMILES string of the molecule is CN1CCC(Cc2nnc3n2C(N)CCC3)CC1. The molecule has 0 amide bonds. The van der Waals surface area contributed by atoms with Gasteiger partial charge in [-0.2, -0.15) is 0 Å². The smallest absolute Gasteiger partial charge is 0.134 e. The Morgan fingerprint density at radius 2 is 2.00 bits per heavy atom. The molecule has 5 nitrogen and oxygen atoms in total. The maximum atomic E-state index is 6.19. The second-order valence-electron chi connectivity index (χ2n) is 5.81. The Kier molecular flexibility index (Phi) is 3.35. The molecule has 18 heavy (non-hydrogen) atoms. The summed E-state index contributed by atoms with van der Waals surface area (Å²) in [7, 11) is 2.20. The number of nitrogens with zero attached hydrogens (tertiary/aromatic N) is 4. The van der Waals surface area contributed by atoms with Crippen molar-refractivity contribution in [3.05, 3.63) is 11.6 Å². The maximum absolute atomic E-state index is 6.19. The molecule has 0 radical (unpaired) electrons. The summed E-state index contributed by atoms with van der Waals surface area (Å²) in [6, 6.07) is 0. The molecule has 2 N–H and O–H groups in total. The van der Waals surface area contributed by atoms with Crippen molar-refractivity contribution in [1.82, 2.24) is 19.7 Å². The number of hydrogen-bond acceptors (Lipinski definition) is 4. The van der Waals surface area contributed by atoms with E-state index in [-0.39, 0.29) is 6.17 Å². The van der Waals surface area contributed by atoms with Crippen LogP contribution in [0.1, 0.15) is 43.5 Å². The van der Waals surface area contributed by atoms with Gasteiger partial charge in [0.25, 0.3) is 0 Å². The molecule has 1 saturated heterocycles. The molecular weight excluding hydrogens is 226 g/mol. The number of fused-ring (bicyclic) bond motifs is 1. The second-order valence-corrected chi connectivity index (χ2v) is 5.81. The summed E-state index contributed by atoms with van der Waals surface area (Å²) in [6.45, 7) is 2.41. The predicted molar refractivity (Wildman–Crippen MR) is 70.1 cm³/mol. The minimum Gasteiger partial charge on any atom is -0.311 e. The van der Waals surface area contributed by atoms with E-state index in [1.165, 1.54) is 25.9 Å². The fourth-order valence-electron chi connectivity index (χ4n) is 3.18. The van der Waals surface area contributed by atoms with Gasteiger partial charge in [-0.15, -0.1) is 10.2 Å². The van der Waals surface area contributed by atoms with Crippen LogP contribution in [-0.2, 0) is 12.8 Å². The number of rotatable bonds is 2. The van der Waals surface area contributed by atoms with Gasteiger partial charge in [0.15, 0.2) is 0 Å². The summed E-state index contributed by atoms with van der Waals surface area (Å²) in [4.78, 5) is 2.40. The first kappa shape index (κ1) is 12.1. The average Bonchev–Trinajstić information content (AvgIpc) is 2.77. The topological polar surface area (TPSA) is 60.0 Å². The highest BCUT2D eigenvalue weighted by Crippen LogP contribution is 2.25. The molecule has 3 rings (SSSR count). The molecule has 2 aliphatic heterocycles. The molecule has 1 atom stereocenters. The minimum absolute atomic E-state index is 0.102. The zero-order valence-corrected chi connectivity index (χ0v) is 11.2. The van der Waals surface area contributed by atoms with Crippen LogP contribution in [0, 0.1) is 5.92 Å². The van der Waals surface area contributed by atoms with Gasteiger partial charge in [0.2, 0.25) is 0 Å². The highest BCUT2D eigenvalue weighted by atomic mass is 15.3. The van der Waals surface area contributed by atoms with Crippen LogP contribution in [-0.4, -0.2) is 39.8 Å². The minimum atomic E-state index is 0.102. The molecule has 1 aromatic heterocycles. The normalized spacial score (nSPS) is 26.2. The molecule has 3 heterocycles. The van der Waals surface area contributed by atoms with Crippen LogP contribution in [0.15, 0.2) is 0 Å². The largest absolute Gasteiger partial charge is 0.311 e. The molecule has 0 bridgehead atoms. The van der Waals surface area contributed by atoms with Crippen molar-refractivity contribution in [2.45, 2.75) is 44.7 Å². The van der Waals surface area contributed by atoms with Gasteiger partial charge in [0.1, 0.15) is 11.6 Å². The van der Waals surface area contributed by atoms with E-state index in [1.54, 1.807) is 0 Å². The van der Waals surface area contributed by atoms with Crippen LogP contribution < -0.4 is 5.73 Å². The van der Waals surface area contributed by atoms with Crippen molar-refractivity contribution >= 4 is 0 Å². The second kappa shape index (κ2) is 4.97. The number of aryl methyl sites for hydroxylation is 1. The summed E-state index contributed by atoms with van der Waals surface area (Å²) in [6.07, 6.45) is 6.94. The first-order chi connectivity index (χ1) is 8.74. The summed E-state index contributed by atoms with van der Waals surface area (Å²) in [5, 5.41) is 8.69. The van der Waals surface area contributed by atoms with Crippen molar-refractivity contribution in [2.24, 2.45) is 11.7 Å². The van der Waals surface area contributed by atoms with Crippen LogP contribution in [0.5, 0.6) is 0 Å². The summed E-state index contributed by atoms with van der Waals surface area (Å²) in [5.74, 6) is 2.96. The third-order valence-corrected chi connectivity index (χ3v) is 4.38. The molecular formula is C13H23N5. The van der Waals surface area contributed by atoms with Crippen LogP contribution in [0.2, 0.25) is 0 Å². The molecule has 2 aliphatic rings. The first-order valence-electron chi connectivity index (χ1n) is 7.11. The monoisotopic (exact) mass is 249 g/mol. The average molecular weight is 249 g/mol. The van der Waals surface area contributed by atoms with E-state index in [4.69, 9.17) is 5.73 Å². The van der Waals surface area contributed by atoms with Gasteiger partial charge >= 0.3 is 0 Å². The Labute approximate surface area is 108 Å². The van der Waals surface area contributed by atoms with Gasteiger partial charge in [-0.1, -0.05) is 0 Å². The van der Waals surface area contributed by atoms with Crippen molar-refractivity contribution < 1.29 is 0 Å². The van der Waals surface area contributed by atoms with Gasteiger partial charge in [-0.05, 0) is 51.7 Å². The zero-order valence-electron chi connectivity index (χ0n) is 11.2. The van der Waals surface area contributed by atoms with Crippen LogP contribution in [0.25, 0.3) is 0 Å². The standard InChI is InChI=1S/C13H23N5/c1-17-7-5-10(6-8-17)9-13-16-15-12-4-2-3-11(14)18(12)13/h10-11H,2-9,14H2,1H3. The fraction of sp³-hybridized carbons (Fsp3) is 0.846. The molecule has 100 valence electrons. The van der Waals surface area contributed by atoms with Crippen LogP contribution >= 0.6 is 0 Å². The number of hydrogen-bond donors (Lipinski definition) is 1. The third-order valence-electron chi connectivity index (χ3n) is 4.38. The lowest BCUT2D eigenvalue weighted by molar-refractivity contribution is 0.215. The van der Waals surface area contributed by atoms with Crippen LogP contribution in [0.3, 0.4) is 0 Å². The molecule has 1 fully saturated rings. The molecule has 0 saturated carbocycles. The lowest BCUT2D eigenvalue weighted by Crippen LogP contribution is -2.32. The Morgan fingerprint density at radius 1 is 1.22 bits per heavy atom. The molecule has 1 unspecified atom stereocenters. The lowest BCUT2D eigenvalue weighted by Gasteiger charge is -2.29. The Balaban J connectivity index is 1.71. The quantitative estimate of drug-likeness (QED) is 0.848. The summed E-state index contributed by atoms with van der Waals surface area (Å²) in [5.41, 5.74) is 6.19. The van der Waals surface area contributed by atoms with E-state index in [1.807, 2.05) is 0 Å². The molecule has 0 spiro atoms. The van der Waals surface area contributed by atoms with Crippen molar-refractivity contribution in [1.29, 1.82) is 0 Å². The molecule has 5 heteroatoms. The lowest BCUT2D eigenvalue weighted by atomic mass is 9.93. The van der Waals surface area contributed by atoms with Gasteiger partial charge < -0.3 is 10.6 Å². The number of likely N-dealkylation sites (tertiary alicyclic amines) is 1. The Hall–Kier alpha value is -0.940. The predicted octanol–water partition coefficient (Wildman–Crippen LogP) is 0.956. The van der Waals surface area contributed by atoms with Gasteiger partial charge in [-0.3, -0.25) is 4.57 Å². The fourth-order valence-corrected chi connectivity index (χ4v) is 3.18. The molecule has 0 aliphatic carbocycles. The van der Waals surface area contributed by atoms with Crippen molar-refractivity contribution in [3.63, 3.8) is 0 Å². The molecule has 0 aromatic carbocycles. The first-order valence-corrected chi connectivity index (χ1v) is 7.11. The van der Waals surface area contributed by atoms with Crippen LogP contribution in [0.4, 0.5) is 0 Å². The van der Waals surface area contributed by atoms with Crippen molar-refractivity contribution in [2.75, 3.05) is 20.1 Å².